The van der Waals surface area contributed by atoms with E-state index in [-0.39, 0.29) is 17.9 Å². The van der Waals surface area contributed by atoms with Crippen LogP contribution in [0.2, 0.25) is 5.02 Å². The van der Waals surface area contributed by atoms with Crippen LogP contribution in [0, 0.1) is 0 Å². The van der Waals surface area contributed by atoms with Gasteiger partial charge in [-0.15, -0.1) is 0 Å². The number of halogens is 1. The van der Waals surface area contributed by atoms with Gasteiger partial charge >= 0.3 is 0 Å². The van der Waals surface area contributed by atoms with Crippen molar-refractivity contribution in [2.45, 2.75) is 31.8 Å². The third kappa shape index (κ3) is 3.45. The number of carbonyl (C=O) groups excluding carboxylic acids is 2. The highest BCUT2D eigenvalue weighted by molar-refractivity contribution is 6.31. The summed E-state index contributed by atoms with van der Waals surface area (Å²) in [4.78, 5) is 26.2. The molecule has 0 radical (unpaired) electrons. The molecule has 2 aromatic rings. The van der Waals surface area contributed by atoms with Gasteiger partial charge in [-0.2, -0.15) is 0 Å². The van der Waals surface area contributed by atoms with Crippen molar-refractivity contribution in [2.75, 3.05) is 16.8 Å². The van der Waals surface area contributed by atoms with E-state index in [1.54, 1.807) is 4.90 Å². The van der Waals surface area contributed by atoms with Crippen LogP contribution in [0.25, 0.3) is 0 Å². The van der Waals surface area contributed by atoms with Gasteiger partial charge in [-0.25, -0.2) is 0 Å². The first-order chi connectivity index (χ1) is 12.6. The van der Waals surface area contributed by atoms with Crippen LogP contribution in [-0.2, 0) is 22.6 Å². The zero-order valence-electron chi connectivity index (χ0n) is 14.3. The predicted octanol–water partition coefficient (Wildman–Crippen LogP) is 3.12. The Morgan fingerprint density at radius 2 is 2.04 bits per heavy atom. The third-order valence-electron chi connectivity index (χ3n) is 4.92. The monoisotopic (exact) mass is 369 g/mol. The van der Waals surface area contributed by atoms with E-state index in [9.17, 15) is 9.59 Å². The maximum atomic E-state index is 12.3. The summed E-state index contributed by atoms with van der Waals surface area (Å²) in [6.07, 6.45) is 2.32. The number of hydrogen-bond donors (Lipinski definition) is 2. The second kappa shape index (κ2) is 7.09. The topological polar surface area (TPSA) is 61.4 Å². The van der Waals surface area contributed by atoms with Gasteiger partial charge in [0.05, 0.1) is 19.0 Å². The molecule has 6 heteroatoms. The normalized spacial score (nSPS) is 18.9. The highest BCUT2D eigenvalue weighted by Crippen LogP contribution is 2.32. The predicted molar refractivity (Wildman–Crippen MR) is 102 cm³/mol. The molecular weight excluding hydrogens is 350 g/mol. The molecule has 2 aliphatic heterocycles. The van der Waals surface area contributed by atoms with Gasteiger partial charge in [0.25, 0.3) is 0 Å². The average molecular weight is 370 g/mol. The first kappa shape index (κ1) is 17.1. The van der Waals surface area contributed by atoms with E-state index < -0.39 is 0 Å². The average Bonchev–Trinajstić information content (AvgIpc) is 3.26. The van der Waals surface area contributed by atoms with Crippen LogP contribution < -0.4 is 15.5 Å². The summed E-state index contributed by atoms with van der Waals surface area (Å²) in [5, 5.41) is 6.75. The summed E-state index contributed by atoms with van der Waals surface area (Å²) in [6.45, 7) is 1.39. The lowest BCUT2D eigenvalue weighted by atomic mass is 10.1. The largest absolute Gasteiger partial charge is 0.325 e. The van der Waals surface area contributed by atoms with E-state index in [4.69, 9.17) is 11.6 Å². The van der Waals surface area contributed by atoms with Crippen molar-refractivity contribution in [3.63, 3.8) is 0 Å². The molecule has 26 heavy (non-hydrogen) atoms. The van der Waals surface area contributed by atoms with Crippen LogP contribution in [0.4, 0.5) is 11.4 Å². The Hall–Kier alpha value is -2.37. The molecule has 0 saturated carbocycles. The maximum absolute atomic E-state index is 12.3. The van der Waals surface area contributed by atoms with Gasteiger partial charge in [-0.05, 0) is 54.8 Å². The van der Waals surface area contributed by atoms with Gasteiger partial charge in [0, 0.05) is 16.4 Å². The number of anilines is 2. The molecule has 2 aromatic carbocycles. The molecule has 134 valence electrons. The fraction of sp³-hybridized carbons (Fsp3) is 0.300. The molecule has 0 spiro atoms. The minimum atomic E-state index is -0.0989. The van der Waals surface area contributed by atoms with Gasteiger partial charge in [-0.1, -0.05) is 29.8 Å². The van der Waals surface area contributed by atoms with Crippen LogP contribution in [0.15, 0.2) is 42.5 Å². The maximum Gasteiger partial charge on any atom is 0.241 e. The van der Waals surface area contributed by atoms with Crippen molar-refractivity contribution in [3.8, 4) is 0 Å². The van der Waals surface area contributed by atoms with E-state index in [1.807, 2.05) is 42.5 Å². The first-order valence-corrected chi connectivity index (χ1v) is 9.20. The number of rotatable bonds is 4. The second-order valence-corrected chi connectivity index (χ2v) is 7.20. The van der Waals surface area contributed by atoms with Gasteiger partial charge in [0.1, 0.15) is 0 Å². The van der Waals surface area contributed by atoms with Crippen LogP contribution in [-0.4, -0.2) is 24.4 Å². The number of amides is 2. The summed E-state index contributed by atoms with van der Waals surface area (Å²) >= 11 is 6.08. The lowest BCUT2D eigenvalue weighted by molar-refractivity contribution is -0.118. The Morgan fingerprint density at radius 3 is 2.77 bits per heavy atom. The standard InChI is InChI=1S/C20H20ClN3O2/c21-15-6-5-14-10-19(25)24(18(14)11-15)12-13-3-7-16(8-4-13)23-20(26)17-2-1-9-22-17/h3-8,11,17,22H,1-2,9-10,12H2,(H,23,26). The van der Waals surface area contributed by atoms with Crippen LogP contribution in [0.1, 0.15) is 24.0 Å². The molecule has 1 saturated heterocycles. The molecule has 1 atom stereocenters. The Morgan fingerprint density at radius 1 is 1.23 bits per heavy atom. The van der Waals surface area contributed by atoms with E-state index in [0.29, 0.717) is 18.0 Å². The van der Waals surface area contributed by atoms with Gasteiger partial charge in [0.2, 0.25) is 11.8 Å². The molecule has 0 aliphatic carbocycles. The quantitative estimate of drug-likeness (QED) is 0.870. The second-order valence-electron chi connectivity index (χ2n) is 6.76. The fourth-order valence-corrected chi connectivity index (χ4v) is 3.68. The van der Waals surface area contributed by atoms with E-state index in [0.717, 1.165) is 41.9 Å². The Balaban J connectivity index is 1.44. The number of hydrogen-bond acceptors (Lipinski definition) is 3. The van der Waals surface area contributed by atoms with Crippen LogP contribution in [0.5, 0.6) is 0 Å². The first-order valence-electron chi connectivity index (χ1n) is 8.82. The molecule has 0 aromatic heterocycles. The van der Waals surface area contributed by atoms with Crippen LogP contribution in [0.3, 0.4) is 0 Å². The smallest absolute Gasteiger partial charge is 0.241 e. The zero-order chi connectivity index (χ0) is 18.1. The number of nitrogens with zero attached hydrogens (tertiary/aromatic N) is 1. The molecule has 2 amide bonds. The van der Waals surface area contributed by atoms with Crippen molar-refractivity contribution in [1.29, 1.82) is 0 Å². The SMILES string of the molecule is O=C(Nc1ccc(CN2C(=O)Cc3ccc(Cl)cc32)cc1)C1CCCN1. The van der Waals surface area contributed by atoms with E-state index in [1.165, 1.54) is 0 Å². The van der Waals surface area contributed by atoms with E-state index >= 15 is 0 Å². The van der Waals surface area contributed by atoms with Crippen molar-refractivity contribution in [3.05, 3.63) is 58.6 Å². The fourth-order valence-electron chi connectivity index (χ4n) is 3.52. The molecule has 2 N–H and O–H groups in total. The van der Waals surface area contributed by atoms with E-state index in [2.05, 4.69) is 10.6 Å². The molecule has 2 heterocycles. The van der Waals surface area contributed by atoms with Gasteiger partial charge in [0.15, 0.2) is 0 Å². The Labute approximate surface area is 157 Å². The highest BCUT2D eigenvalue weighted by atomic mass is 35.5. The summed E-state index contributed by atoms with van der Waals surface area (Å²) in [5.41, 5.74) is 3.66. The summed E-state index contributed by atoms with van der Waals surface area (Å²) in [7, 11) is 0. The minimum absolute atomic E-state index is 0.00791. The number of nitrogens with one attached hydrogen (secondary N) is 2. The van der Waals surface area contributed by atoms with Crippen molar-refractivity contribution in [1.82, 2.24) is 5.32 Å². The molecule has 0 bridgehead atoms. The lowest BCUT2D eigenvalue weighted by Crippen LogP contribution is -2.35. The van der Waals surface area contributed by atoms with Gasteiger partial charge in [-0.3, -0.25) is 9.59 Å². The summed E-state index contributed by atoms with van der Waals surface area (Å²) in [6, 6.07) is 13.1. The molecule has 1 fully saturated rings. The number of benzene rings is 2. The third-order valence-corrected chi connectivity index (χ3v) is 5.15. The van der Waals surface area contributed by atoms with Crippen molar-refractivity contribution >= 4 is 34.8 Å². The zero-order valence-corrected chi connectivity index (χ0v) is 15.1. The van der Waals surface area contributed by atoms with Crippen molar-refractivity contribution in [2.24, 2.45) is 0 Å². The number of carbonyl (C=O) groups is 2. The molecule has 2 aliphatic rings. The highest BCUT2D eigenvalue weighted by Gasteiger charge is 2.27. The lowest BCUT2D eigenvalue weighted by Gasteiger charge is -2.18. The van der Waals surface area contributed by atoms with Crippen LogP contribution >= 0.6 is 11.6 Å². The number of fused-ring (bicyclic) bond motifs is 1. The summed E-state index contributed by atoms with van der Waals surface area (Å²) in [5.74, 6) is 0.0838. The molecule has 1 unspecified atom stereocenters. The Bertz CT molecular complexity index is 845. The molecule has 4 rings (SSSR count). The van der Waals surface area contributed by atoms with Gasteiger partial charge < -0.3 is 15.5 Å². The Kier molecular flexibility index (Phi) is 4.66. The minimum Gasteiger partial charge on any atom is -0.325 e. The molecule has 5 nitrogen and oxygen atoms in total. The van der Waals surface area contributed by atoms with Crippen molar-refractivity contribution < 1.29 is 9.59 Å². The summed E-state index contributed by atoms with van der Waals surface area (Å²) < 4.78 is 0. The molecular formula is C20H20ClN3O2.